The average molecular weight is 279 g/mol. The molecule has 0 atom stereocenters. The van der Waals surface area contributed by atoms with Gasteiger partial charge in [0.2, 0.25) is 0 Å². The molecule has 0 aliphatic carbocycles. The van der Waals surface area contributed by atoms with Gasteiger partial charge in [0.25, 0.3) is 0 Å². The molecule has 0 bridgehead atoms. The van der Waals surface area contributed by atoms with Crippen LogP contribution in [-0.4, -0.2) is 13.3 Å². The van der Waals surface area contributed by atoms with E-state index in [9.17, 15) is 18.2 Å². The average Bonchev–Trinajstić information content (AvgIpc) is 2.04. The summed E-state index contributed by atoms with van der Waals surface area (Å²) in [5.41, 5.74) is 0. The molecular weight excluding hydrogens is 274 g/mol. The van der Waals surface area contributed by atoms with Crippen LogP contribution in [0.3, 0.4) is 0 Å². The van der Waals surface area contributed by atoms with Gasteiger partial charge in [0, 0.05) is 0 Å². The van der Waals surface area contributed by atoms with E-state index in [1.54, 1.807) is 0 Å². The molecule has 0 aliphatic heterocycles. The molecule has 0 unspecified atom stereocenters. The van der Waals surface area contributed by atoms with Crippen molar-refractivity contribution in [2.45, 2.75) is 4.90 Å². The number of hydrogen-bond donors (Lipinski definition) is 0. The number of halogens is 5. The fourth-order valence-corrected chi connectivity index (χ4v) is 3.70. The predicted octanol–water partition coefficient (Wildman–Crippen LogP) is 3.31. The van der Waals surface area contributed by atoms with Crippen LogP contribution in [0.1, 0.15) is 0 Å². The molecule has 0 N–H and O–H groups in total. The van der Waals surface area contributed by atoms with Crippen LogP contribution in [0, 0.1) is 0 Å². The Hall–Kier alpha value is -0.222. The van der Waals surface area contributed by atoms with Gasteiger partial charge >= 0.3 is 75.3 Å². The van der Waals surface area contributed by atoms with E-state index in [1.807, 2.05) is 0 Å². The van der Waals surface area contributed by atoms with Crippen molar-refractivity contribution in [1.29, 1.82) is 0 Å². The van der Waals surface area contributed by atoms with Crippen molar-refractivity contribution in [3.63, 3.8) is 0 Å². The molecule has 1 aromatic carbocycles. The Bertz CT molecular complexity index is 356. The Morgan fingerprint density at radius 3 is 1.77 bits per heavy atom. The molecule has 0 saturated carbocycles. The minimum absolute atomic E-state index is 0.824. The van der Waals surface area contributed by atoms with Gasteiger partial charge in [0.05, 0.1) is 0 Å². The molecule has 0 spiro atoms. The minimum atomic E-state index is -7.21. The van der Waals surface area contributed by atoms with E-state index < -0.39 is 26.7 Å². The monoisotopic (exact) mass is 279 g/mol. The van der Waals surface area contributed by atoms with E-state index >= 15 is 0 Å². The van der Waals surface area contributed by atoms with E-state index in [0.29, 0.717) is 0 Å². The van der Waals surface area contributed by atoms with Crippen LogP contribution in [0.4, 0.5) is 18.2 Å². The molecule has 0 heterocycles. The van der Waals surface area contributed by atoms with Crippen LogP contribution in [0.2, 0.25) is 0 Å². The molecule has 1 rings (SSSR count). The van der Waals surface area contributed by atoms with Crippen molar-refractivity contribution in [3.8, 4) is 0 Å². The predicted molar refractivity (Wildman–Crippen MR) is 43.4 cm³/mol. The van der Waals surface area contributed by atoms with Crippen LogP contribution in [0.5, 0.6) is 0 Å². The van der Waals surface area contributed by atoms with Gasteiger partial charge in [0.15, 0.2) is 0 Å². The van der Waals surface area contributed by atoms with Crippen LogP contribution < -0.4 is 0 Å². The number of rotatable bonds is 1. The fraction of sp³-hybridized carbons (Fsp3) is 0. The Kier molecular flexibility index (Phi) is 2.92. The van der Waals surface area contributed by atoms with Crippen molar-refractivity contribution in [1.82, 2.24) is 0 Å². The van der Waals surface area contributed by atoms with Crippen LogP contribution in [0.25, 0.3) is 0 Å². The zero-order chi connectivity index (χ0) is 10.1. The first-order chi connectivity index (χ1) is 5.86. The molecule has 7 heteroatoms. The third-order valence-electron chi connectivity index (χ3n) is 1.29. The van der Waals surface area contributed by atoms with Gasteiger partial charge in [-0.15, -0.1) is 0 Å². The molecule has 0 fully saturated rings. The van der Waals surface area contributed by atoms with Crippen LogP contribution >= 0.6 is 0 Å². The number of hydrogen-bond acceptors (Lipinski definition) is 0. The molecule has 0 aromatic heterocycles. The topological polar surface area (TPSA) is 0 Å². The quantitative estimate of drug-likeness (QED) is 0.420. The number of benzene rings is 1. The normalized spacial score (nSPS) is 13.0. The van der Waals surface area contributed by atoms with E-state index in [2.05, 4.69) is 0 Å². The molecule has 74 valence electrons. The second-order valence-electron chi connectivity index (χ2n) is 2.15. The molecule has 13 heavy (non-hydrogen) atoms. The summed E-state index contributed by atoms with van der Waals surface area (Å²) < 4.78 is 61.3. The summed E-state index contributed by atoms with van der Waals surface area (Å²) in [6.45, 7) is 0. The zero-order valence-electron chi connectivity index (χ0n) is 6.13. The second-order valence-corrected chi connectivity index (χ2v) is 10.2. The van der Waals surface area contributed by atoms with Gasteiger partial charge in [-0.1, -0.05) is 0 Å². The SMILES string of the molecule is F[S+](F)(c1ccccc1)=[As](F)(F)F. The van der Waals surface area contributed by atoms with E-state index in [4.69, 9.17) is 0 Å². The summed E-state index contributed by atoms with van der Waals surface area (Å²) in [5, 5.41) is 0. The molecule has 1 aromatic rings. The Morgan fingerprint density at radius 1 is 0.923 bits per heavy atom. The third-order valence-corrected chi connectivity index (χ3v) is 7.25. The summed E-state index contributed by atoms with van der Waals surface area (Å²) in [4.78, 5) is -0.880. The summed E-state index contributed by atoms with van der Waals surface area (Å²) in [6.07, 6.45) is 0. The van der Waals surface area contributed by atoms with Gasteiger partial charge in [-0.25, -0.2) is 0 Å². The van der Waals surface area contributed by atoms with E-state index in [-0.39, 0.29) is 0 Å². The van der Waals surface area contributed by atoms with E-state index in [1.165, 1.54) is 18.2 Å². The molecule has 0 nitrogen and oxygen atoms in total. The van der Waals surface area contributed by atoms with Crippen molar-refractivity contribution < 1.29 is 18.2 Å². The van der Waals surface area contributed by atoms with Gasteiger partial charge in [-0.2, -0.15) is 0 Å². The maximum atomic E-state index is 12.7. The fourth-order valence-electron chi connectivity index (χ4n) is 0.704. The molecular formula is C6H5AsF5S+. The van der Waals surface area contributed by atoms with Crippen LogP contribution in [0.15, 0.2) is 35.2 Å². The summed E-state index contributed by atoms with van der Waals surface area (Å²) >= 11 is -7.21. The second kappa shape index (κ2) is 3.50. The van der Waals surface area contributed by atoms with Gasteiger partial charge in [-0.3, -0.25) is 0 Å². The van der Waals surface area contributed by atoms with Crippen molar-refractivity contribution >= 4 is 21.9 Å². The first kappa shape index (κ1) is 10.9. The van der Waals surface area contributed by atoms with E-state index in [0.717, 1.165) is 12.1 Å². The van der Waals surface area contributed by atoms with Crippen LogP contribution in [-0.2, 0) is 8.56 Å². The summed E-state index contributed by atoms with van der Waals surface area (Å²) in [5.74, 6) is 0. The molecule has 0 radical (unpaired) electrons. The third kappa shape index (κ3) is 2.17. The van der Waals surface area contributed by atoms with Gasteiger partial charge in [-0.05, 0) is 0 Å². The Labute approximate surface area is 75.6 Å². The Balaban J connectivity index is 3.42. The molecule has 0 aliphatic rings. The van der Waals surface area contributed by atoms with Crippen molar-refractivity contribution in [3.05, 3.63) is 30.3 Å². The van der Waals surface area contributed by atoms with Crippen molar-refractivity contribution in [2.24, 2.45) is 0 Å². The van der Waals surface area contributed by atoms with Gasteiger partial charge in [0.1, 0.15) is 0 Å². The zero-order valence-corrected chi connectivity index (χ0v) is 8.83. The Morgan fingerprint density at radius 2 is 1.38 bits per heavy atom. The van der Waals surface area contributed by atoms with Gasteiger partial charge < -0.3 is 0 Å². The summed E-state index contributed by atoms with van der Waals surface area (Å²) in [6, 6.07) is 5.42. The van der Waals surface area contributed by atoms with Crippen molar-refractivity contribution in [2.75, 3.05) is 0 Å². The standard InChI is InChI=1S/C6H5AsF5S/c8-7(9,10)13(11,12)6-4-2-1-3-5-6/h1-5H/q+1. The maximum absolute atomic E-state index is 12.7. The summed E-state index contributed by atoms with van der Waals surface area (Å²) in [7, 11) is -5.50. The first-order valence-electron chi connectivity index (χ1n) is 3.11. The molecule has 0 saturated heterocycles. The molecule has 0 amide bonds. The first-order valence-corrected chi connectivity index (χ1v) is 8.93.